The fraction of sp³-hybridized carbons (Fsp3) is 0.500. The van der Waals surface area contributed by atoms with Gasteiger partial charge in [-0.05, 0) is 12.8 Å². The molecule has 1 aromatic heterocycles. The number of aryl methyl sites for hydroxylation is 1. The van der Waals surface area contributed by atoms with E-state index in [0.29, 0.717) is 5.92 Å². The zero-order valence-electron chi connectivity index (χ0n) is 11.2. The molecule has 110 valence electrons. The van der Waals surface area contributed by atoms with Crippen LogP contribution in [-0.4, -0.2) is 46.7 Å². The quantitative estimate of drug-likeness (QED) is 0.743. The van der Waals surface area contributed by atoms with Gasteiger partial charge >= 0.3 is 5.97 Å². The first kappa shape index (κ1) is 14.7. The fourth-order valence-electron chi connectivity index (χ4n) is 1.97. The highest BCUT2D eigenvalue weighted by Gasteiger charge is 2.33. The van der Waals surface area contributed by atoms with Crippen LogP contribution in [0, 0.1) is 0 Å². The van der Waals surface area contributed by atoms with E-state index in [2.05, 4.69) is 11.7 Å². The molecule has 2 rings (SSSR count). The minimum absolute atomic E-state index is 0.0162. The van der Waals surface area contributed by atoms with Crippen LogP contribution >= 0.6 is 0 Å². The zero-order valence-corrected chi connectivity index (χ0v) is 12.0. The molecule has 0 aliphatic heterocycles. The number of hydrogen-bond donors (Lipinski definition) is 1. The molecule has 0 saturated heterocycles. The van der Waals surface area contributed by atoms with Crippen molar-refractivity contribution >= 4 is 16.0 Å². The van der Waals surface area contributed by atoms with E-state index in [9.17, 15) is 13.2 Å². The van der Waals surface area contributed by atoms with Crippen LogP contribution in [0.15, 0.2) is 23.7 Å². The van der Waals surface area contributed by atoms with Crippen LogP contribution in [0.1, 0.15) is 24.5 Å². The molecule has 1 aliphatic carbocycles. The summed E-state index contributed by atoms with van der Waals surface area (Å²) in [6.45, 7) is 2.80. The Kier molecular flexibility index (Phi) is 3.96. The molecule has 0 amide bonds. The largest absolute Gasteiger partial charge is 0.480 e. The summed E-state index contributed by atoms with van der Waals surface area (Å²) in [6.07, 6.45) is 3.39. The van der Waals surface area contributed by atoms with Crippen LogP contribution in [0.5, 0.6) is 0 Å². The van der Waals surface area contributed by atoms with E-state index < -0.39 is 22.5 Å². The van der Waals surface area contributed by atoms with Crippen molar-refractivity contribution in [3.63, 3.8) is 0 Å². The second-order valence-corrected chi connectivity index (χ2v) is 6.67. The summed E-state index contributed by atoms with van der Waals surface area (Å²) in [5.74, 6) is -0.877. The second kappa shape index (κ2) is 5.37. The number of carboxylic acid groups (broad SMARTS) is 1. The zero-order chi connectivity index (χ0) is 14.9. The molecular weight excluding hydrogens is 282 g/mol. The topological polar surface area (TPSA) is 92.5 Å². The van der Waals surface area contributed by atoms with Gasteiger partial charge in [-0.25, -0.2) is 8.42 Å². The first-order valence-electron chi connectivity index (χ1n) is 6.23. The summed E-state index contributed by atoms with van der Waals surface area (Å²) in [5, 5.41) is 13.0. The SMILES string of the molecule is C=CCN(CC(=O)O)S(=O)(=O)c1cc(C2CC2)nn1C. The Balaban J connectivity index is 2.35. The molecule has 1 heterocycles. The predicted octanol–water partition coefficient (Wildman–Crippen LogP) is 0.559. The van der Waals surface area contributed by atoms with Crippen molar-refractivity contribution in [2.45, 2.75) is 23.8 Å². The van der Waals surface area contributed by atoms with Gasteiger partial charge in [-0.3, -0.25) is 9.48 Å². The predicted molar refractivity (Wildman–Crippen MR) is 71.8 cm³/mol. The molecule has 1 N–H and O–H groups in total. The van der Waals surface area contributed by atoms with Gasteiger partial charge in [0, 0.05) is 25.6 Å². The number of carbonyl (C=O) groups is 1. The third-order valence-electron chi connectivity index (χ3n) is 3.10. The van der Waals surface area contributed by atoms with Crippen molar-refractivity contribution in [1.29, 1.82) is 0 Å². The highest BCUT2D eigenvalue weighted by molar-refractivity contribution is 7.89. The van der Waals surface area contributed by atoms with Crippen molar-refractivity contribution in [3.05, 3.63) is 24.4 Å². The summed E-state index contributed by atoms with van der Waals surface area (Å²) in [5.41, 5.74) is 0.750. The Morgan fingerprint density at radius 2 is 2.30 bits per heavy atom. The molecule has 0 radical (unpaired) electrons. The summed E-state index contributed by atoms with van der Waals surface area (Å²) in [6, 6.07) is 1.53. The molecule has 0 bridgehead atoms. The lowest BCUT2D eigenvalue weighted by atomic mass is 10.3. The maximum Gasteiger partial charge on any atom is 0.318 e. The van der Waals surface area contributed by atoms with Crippen LogP contribution in [-0.2, 0) is 21.9 Å². The number of sulfonamides is 1. The van der Waals surface area contributed by atoms with Gasteiger partial charge in [-0.1, -0.05) is 6.08 Å². The van der Waals surface area contributed by atoms with Gasteiger partial charge in [0.25, 0.3) is 10.0 Å². The minimum Gasteiger partial charge on any atom is -0.480 e. The van der Waals surface area contributed by atoms with Crippen LogP contribution in [0.25, 0.3) is 0 Å². The second-order valence-electron chi connectivity index (χ2n) is 4.79. The third kappa shape index (κ3) is 2.91. The van der Waals surface area contributed by atoms with Crippen molar-refractivity contribution in [2.24, 2.45) is 7.05 Å². The van der Waals surface area contributed by atoms with Crippen LogP contribution in [0.2, 0.25) is 0 Å². The highest BCUT2D eigenvalue weighted by atomic mass is 32.2. The average Bonchev–Trinajstić information content (AvgIpc) is 3.11. The van der Waals surface area contributed by atoms with Gasteiger partial charge in [0.1, 0.15) is 6.54 Å². The number of aromatic nitrogens is 2. The number of nitrogens with zero attached hydrogens (tertiary/aromatic N) is 3. The summed E-state index contributed by atoms with van der Waals surface area (Å²) in [4.78, 5) is 10.8. The first-order valence-corrected chi connectivity index (χ1v) is 7.67. The lowest BCUT2D eigenvalue weighted by molar-refractivity contribution is -0.137. The van der Waals surface area contributed by atoms with Gasteiger partial charge in [0.2, 0.25) is 0 Å². The van der Waals surface area contributed by atoms with Gasteiger partial charge in [0.15, 0.2) is 5.03 Å². The van der Waals surface area contributed by atoms with E-state index in [0.717, 1.165) is 22.8 Å². The van der Waals surface area contributed by atoms with Gasteiger partial charge in [0.05, 0.1) is 5.69 Å². The first-order chi connectivity index (χ1) is 9.36. The monoisotopic (exact) mass is 299 g/mol. The molecule has 20 heavy (non-hydrogen) atoms. The third-order valence-corrected chi connectivity index (χ3v) is 4.97. The Labute approximate surface area is 117 Å². The normalized spacial score (nSPS) is 15.5. The molecule has 0 atom stereocenters. The summed E-state index contributed by atoms with van der Waals surface area (Å²) >= 11 is 0. The molecule has 0 aromatic carbocycles. The molecule has 1 saturated carbocycles. The summed E-state index contributed by atoms with van der Waals surface area (Å²) in [7, 11) is -2.34. The molecule has 8 heteroatoms. The number of aliphatic carboxylic acids is 1. The molecule has 1 aromatic rings. The average molecular weight is 299 g/mol. The van der Waals surface area contributed by atoms with E-state index in [1.54, 1.807) is 7.05 Å². The Hall–Kier alpha value is -1.67. The smallest absolute Gasteiger partial charge is 0.318 e. The molecule has 1 fully saturated rings. The highest BCUT2D eigenvalue weighted by Crippen LogP contribution is 2.39. The standard InChI is InChI=1S/C12H17N3O4S/c1-3-6-15(8-12(16)17)20(18,19)11-7-10(9-4-5-9)13-14(11)2/h3,7,9H,1,4-6,8H2,2H3,(H,16,17). The molecular formula is C12H17N3O4S. The van der Waals surface area contributed by atoms with Crippen LogP contribution < -0.4 is 0 Å². The number of rotatable bonds is 7. The molecule has 0 spiro atoms. The van der Waals surface area contributed by atoms with E-state index in [4.69, 9.17) is 5.11 Å². The van der Waals surface area contributed by atoms with Crippen molar-refractivity contribution in [1.82, 2.24) is 14.1 Å². The van der Waals surface area contributed by atoms with Crippen LogP contribution in [0.3, 0.4) is 0 Å². The lowest BCUT2D eigenvalue weighted by Gasteiger charge is -2.18. The van der Waals surface area contributed by atoms with Crippen LogP contribution in [0.4, 0.5) is 0 Å². The minimum atomic E-state index is -3.89. The van der Waals surface area contributed by atoms with E-state index >= 15 is 0 Å². The number of hydrogen-bond acceptors (Lipinski definition) is 4. The lowest BCUT2D eigenvalue weighted by Crippen LogP contribution is -2.36. The van der Waals surface area contributed by atoms with E-state index in [1.165, 1.54) is 16.8 Å². The van der Waals surface area contributed by atoms with Crippen molar-refractivity contribution in [2.75, 3.05) is 13.1 Å². The van der Waals surface area contributed by atoms with E-state index in [-0.39, 0.29) is 11.6 Å². The van der Waals surface area contributed by atoms with Gasteiger partial charge in [-0.15, -0.1) is 6.58 Å². The summed E-state index contributed by atoms with van der Waals surface area (Å²) < 4.78 is 27.1. The molecule has 0 unspecified atom stereocenters. The maximum absolute atomic E-state index is 12.5. The maximum atomic E-state index is 12.5. The van der Waals surface area contributed by atoms with Gasteiger partial charge in [-0.2, -0.15) is 9.40 Å². The Morgan fingerprint density at radius 3 is 2.80 bits per heavy atom. The number of carboxylic acids is 1. The van der Waals surface area contributed by atoms with Gasteiger partial charge < -0.3 is 5.11 Å². The molecule has 7 nitrogen and oxygen atoms in total. The fourth-order valence-corrected chi connectivity index (χ4v) is 3.46. The Morgan fingerprint density at radius 1 is 1.65 bits per heavy atom. The Bertz CT molecular complexity index is 631. The van der Waals surface area contributed by atoms with Crippen molar-refractivity contribution < 1.29 is 18.3 Å². The van der Waals surface area contributed by atoms with E-state index in [1.807, 2.05) is 0 Å². The van der Waals surface area contributed by atoms with Crippen molar-refractivity contribution in [3.8, 4) is 0 Å². The molecule has 1 aliphatic rings.